The average molecular weight is 216 g/mol. The molecule has 1 aromatic heterocycles. The van der Waals surface area contributed by atoms with Crippen molar-refractivity contribution in [1.82, 2.24) is 15.1 Å². The van der Waals surface area contributed by atoms with Crippen molar-refractivity contribution in [2.45, 2.75) is 33.2 Å². The van der Waals surface area contributed by atoms with Crippen molar-refractivity contribution >= 4 is 11.6 Å². The first-order chi connectivity index (χ1) is 6.56. The van der Waals surface area contributed by atoms with Gasteiger partial charge < -0.3 is 5.32 Å². The molecule has 0 aliphatic carbocycles. The molecule has 0 aromatic carbocycles. The molecule has 1 atom stereocenters. The monoisotopic (exact) mass is 215 g/mol. The molecule has 80 valence electrons. The number of likely N-dealkylation sites (N-methyl/N-ethyl adjacent to an activating group) is 1. The fourth-order valence-electron chi connectivity index (χ4n) is 1.61. The van der Waals surface area contributed by atoms with Gasteiger partial charge in [0.2, 0.25) is 0 Å². The van der Waals surface area contributed by atoms with Crippen LogP contribution in [-0.2, 0) is 13.5 Å². The molecule has 0 bridgehead atoms. The molecule has 3 nitrogen and oxygen atoms in total. The van der Waals surface area contributed by atoms with Crippen LogP contribution in [0.1, 0.15) is 25.2 Å². The van der Waals surface area contributed by atoms with Gasteiger partial charge in [-0.3, -0.25) is 4.68 Å². The van der Waals surface area contributed by atoms with E-state index in [4.69, 9.17) is 11.6 Å². The summed E-state index contributed by atoms with van der Waals surface area (Å²) in [4.78, 5) is 0. The Morgan fingerprint density at radius 3 is 2.64 bits per heavy atom. The average Bonchev–Trinajstić information content (AvgIpc) is 2.33. The molecule has 0 amide bonds. The quantitative estimate of drug-likeness (QED) is 0.832. The minimum absolute atomic E-state index is 0.437. The topological polar surface area (TPSA) is 29.9 Å². The van der Waals surface area contributed by atoms with Crippen LogP contribution in [0.15, 0.2) is 0 Å². The molecule has 14 heavy (non-hydrogen) atoms. The van der Waals surface area contributed by atoms with Crippen molar-refractivity contribution < 1.29 is 0 Å². The van der Waals surface area contributed by atoms with Gasteiger partial charge in [0.25, 0.3) is 0 Å². The Hall–Kier alpha value is -0.540. The minimum Gasteiger partial charge on any atom is -0.314 e. The summed E-state index contributed by atoms with van der Waals surface area (Å²) in [7, 11) is 1.94. The second-order valence-corrected chi connectivity index (χ2v) is 4.01. The van der Waals surface area contributed by atoms with Crippen LogP contribution in [0.5, 0.6) is 0 Å². The highest BCUT2D eigenvalue weighted by atomic mass is 35.5. The standard InChI is InChI=1S/C10H18ClN3/c1-5-12-7(2)6-9-10(11)8(3)13-14(9)4/h7,12H,5-6H2,1-4H3. The number of rotatable bonds is 4. The Labute approximate surface area is 90.4 Å². The van der Waals surface area contributed by atoms with E-state index in [0.29, 0.717) is 6.04 Å². The van der Waals surface area contributed by atoms with Crippen molar-refractivity contribution in [2.24, 2.45) is 7.05 Å². The van der Waals surface area contributed by atoms with Crippen LogP contribution in [0, 0.1) is 6.92 Å². The van der Waals surface area contributed by atoms with Gasteiger partial charge in [0.1, 0.15) is 0 Å². The van der Waals surface area contributed by atoms with E-state index in [1.165, 1.54) is 0 Å². The Morgan fingerprint density at radius 1 is 1.57 bits per heavy atom. The van der Waals surface area contributed by atoms with E-state index < -0.39 is 0 Å². The van der Waals surface area contributed by atoms with E-state index in [0.717, 1.165) is 29.4 Å². The molecule has 1 aromatic rings. The first-order valence-electron chi connectivity index (χ1n) is 4.97. The number of hydrogen-bond acceptors (Lipinski definition) is 2. The summed E-state index contributed by atoms with van der Waals surface area (Å²) in [5.41, 5.74) is 2.02. The summed E-state index contributed by atoms with van der Waals surface area (Å²) in [5.74, 6) is 0. The van der Waals surface area contributed by atoms with E-state index in [2.05, 4.69) is 24.3 Å². The maximum Gasteiger partial charge on any atom is 0.0847 e. The van der Waals surface area contributed by atoms with Gasteiger partial charge in [-0.1, -0.05) is 18.5 Å². The van der Waals surface area contributed by atoms with Crippen LogP contribution in [0.2, 0.25) is 5.02 Å². The number of aromatic nitrogens is 2. The van der Waals surface area contributed by atoms with Crippen LogP contribution in [0.3, 0.4) is 0 Å². The number of aryl methyl sites for hydroxylation is 2. The van der Waals surface area contributed by atoms with Gasteiger partial charge in [0.15, 0.2) is 0 Å². The molecule has 1 unspecified atom stereocenters. The minimum atomic E-state index is 0.437. The normalized spacial score (nSPS) is 13.2. The highest BCUT2D eigenvalue weighted by Gasteiger charge is 2.13. The smallest absolute Gasteiger partial charge is 0.0847 e. The molecule has 0 aliphatic rings. The third kappa shape index (κ3) is 2.49. The zero-order valence-electron chi connectivity index (χ0n) is 9.26. The van der Waals surface area contributed by atoms with E-state index in [1.807, 2.05) is 18.7 Å². The number of nitrogens with one attached hydrogen (secondary N) is 1. The highest BCUT2D eigenvalue weighted by Crippen LogP contribution is 2.20. The molecular weight excluding hydrogens is 198 g/mol. The maximum absolute atomic E-state index is 6.15. The summed E-state index contributed by atoms with van der Waals surface area (Å²) >= 11 is 6.15. The fourth-order valence-corrected chi connectivity index (χ4v) is 1.85. The Morgan fingerprint density at radius 2 is 2.21 bits per heavy atom. The lowest BCUT2D eigenvalue weighted by atomic mass is 10.1. The lowest BCUT2D eigenvalue weighted by Gasteiger charge is -2.12. The lowest BCUT2D eigenvalue weighted by molar-refractivity contribution is 0.543. The second-order valence-electron chi connectivity index (χ2n) is 3.63. The predicted molar refractivity (Wildman–Crippen MR) is 59.8 cm³/mol. The van der Waals surface area contributed by atoms with Gasteiger partial charge in [0.05, 0.1) is 16.4 Å². The summed E-state index contributed by atoms with van der Waals surface area (Å²) < 4.78 is 1.87. The molecule has 0 saturated carbocycles. The highest BCUT2D eigenvalue weighted by molar-refractivity contribution is 6.31. The molecule has 0 fully saturated rings. The SMILES string of the molecule is CCNC(C)Cc1c(Cl)c(C)nn1C. The number of nitrogens with zero attached hydrogens (tertiary/aromatic N) is 2. The fraction of sp³-hybridized carbons (Fsp3) is 0.700. The number of halogens is 1. The number of hydrogen-bond donors (Lipinski definition) is 1. The third-order valence-corrected chi connectivity index (χ3v) is 2.81. The summed E-state index contributed by atoms with van der Waals surface area (Å²) in [6.45, 7) is 7.17. The predicted octanol–water partition coefficient (Wildman–Crippen LogP) is 1.92. The third-order valence-electron chi connectivity index (χ3n) is 2.31. The van der Waals surface area contributed by atoms with Crippen LogP contribution in [-0.4, -0.2) is 22.4 Å². The Bertz CT molecular complexity index is 307. The van der Waals surface area contributed by atoms with Gasteiger partial charge in [-0.05, 0) is 20.4 Å². The zero-order chi connectivity index (χ0) is 10.7. The van der Waals surface area contributed by atoms with Crippen molar-refractivity contribution in [3.63, 3.8) is 0 Å². The zero-order valence-corrected chi connectivity index (χ0v) is 10.0. The molecule has 0 radical (unpaired) electrons. The summed E-state index contributed by atoms with van der Waals surface area (Å²) in [6, 6.07) is 0.437. The first kappa shape index (κ1) is 11.5. The van der Waals surface area contributed by atoms with E-state index in [1.54, 1.807) is 0 Å². The molecule has 4 heteroatoms. The molecule has 0 spiro atoms. The molecule has 1 N–H and O–H groups in total. The Balaban J connectivity index is 2.75. The van der Waals surface area contributed by atoms with Gasteiger partial charge in [-0.2, -0.15) is 5.10 Å². The van der Waals surface area contributed by atoms with E-state index in [9.17, 15) is 0 Å². The van der Waals surface area contributed by atoms with E-state index in [-0.39, 0.29) is 0 Å². The molecule has 0 saturated heterocycles. The maximum atomic E-state index is 6.15. The largest absolute Gasteiger partial charge is 0.314 e. The lowest BCUT2D eigenvalue weighted by Crippen LogP contribution is -2.28. The van der Waals surface area contributed by atoms with Gasteiger partial charge in [-0.15, -0.1) is 0 Å². The molecule has 1 heterocycles. The van der Waals surface area contributed by atoms with Crippen LogP contribution in [0.25, 0.3) is 0 Å². The van der Waals surface area contributed by atoms with Gasteiger partial charge in [-0.25, -0.2) is 0 Å². The first-order valence-corrected chi connectivity index (χ1v) is 5.35. The molecule has 1 rings (SSSR count). The van der Waals surface area contributed by atoms with Gasteiger partial charge >= 0.3 is 0 Å². The summed E-state index contributed by atoms with van der Waals surface area (Å²) in [5, 5.41) is 8.44. The Kier molecular flexibility index (Phi) is 3.96. The molecule has 0 aliphatic heterocycles. The van der Waals surface area contributed by atoms with Crippen molar-refractivity contribution in [1.29, 1.82) is 0 Å². The second kappa shape index (κ2) is 4.80. The van der Waals surface area contributed by atoms with Gasteiger partial charge in [0, 0.05) is 19.5 Å². The van der Waals surface area contributed by atoms with Crippen molar-refractivity contribution in [3.8, 4) is 0 Å². The molecular formula is C10H18ClN3. The van der Waals surface area contributed by atoms with Crippen LogP contribution < -0.4 is 5.32 Å². The van der Waals surface area contributed by atoms with E-state index >= 15 is 0 Å². The van der Waals surface area contributed by atoms with Crippen molar-refractivity contribution in [3.05, 3.63) is 16.4 Å². The van der Waals surface area contributed by atoms with Crippen LogP contribution in [0.4, 0.5) is 0 Å². The van der Waals surface area contributed by atoms with Crippen molar-refractivity contribution in [2.75, 3.05) is 6.54 Å². The summed E-state index contributed by atoms with van der Waals surface area (Å²) in [6.07, 6.45) is 0.921. The van der Waals surface area contributed by atoms with Crippen LogP contribution >= 0.6 is 11.6 Å².